The van der Waals surface area contributed by atoms with E-state index in [0.29, 0.717) is 17.7 Å². The third-order valence-electron chi connectivity index (χ3n) is 3.44. The Bertz CT molecular complexity index is 185. The van der Waals surface area contributed by atoms with Gasteiger partial charge < -0.3 is 5.32 Å². The molecule has 0 amide bonds. The van der Waals surface area contributed by atoms with E-state index in [2.05, 4.69) is 5.32 Å². The van der Waals surface area contributed by atoms with Crippen LogP contribution in [0.3, 0.4) is 0 Å². The fourth-order valence-corrected chi connectivity index (χ4v) is 2.66. The average Bonchev–Trinajstić information content (AvgIpc) is 2.20. The first-order chi connectivity index (χ1) is 6.38. The van der Waals surface area contributed by atoms with Crippen molar-refractivity contribution < 1.29 is 4.79 Å². The van der Waals surface area contributed by atoms with Crippen LogP contribution in [-0.4, -0.2) is 18.4 Å². The fraction of sp³-hybridized carbons (Fsp3) is 0.909. The van der Waals surface area contributed by atoms with Gasteiger partial charge in [-0.1, -0.05) is 12.8 Å². The van der Waals surface area contributed by atoms with Gasteiger partial charge >= 0.3 is 0 Å². The third kappa shape index (κ3) is 2.11. The molecule has 0 aromatic heterocycles. The molecular formula is C11H19NO. The predicted octanol–water partition coefficient (Wildman–Crippen LogP) is 1.89. The lowest BCUT2D eigenvalue weighted by Crippen LogP contribution is -2.44. The van der Waals surface area contributed by atoms with Crippen LogP contribution in [0.15, 0.2) is 0 Å². The van der Waals surface area contributed by atoms with Crippen LogP contribution in [0.4, 0.5) is 0 Å². The Labute approximate surface area is 80.1 Å². The summed E-state index contributed by atoms with van der Waals surface area (Å²) in [5.74, 6) is 0.875. The highest BCUT2D eigenvalue weighted by Gasteiger charge is 2.30. The van der Waals surface area contributed by atoms with E-state index in [1.807, 2.05) is 0 Å². The lowest BCUT2D eigenvalue weighted by molar-refractivity contribution is -0.125. The molecule has 2 fully saturated rings. The Kier molecular flexibility index (Phi) is 2.99. The number of Topliss-reactive ketones (excluding diaryl/α,β-unsaturated/α-hetero) is 1. The summed E-state index contributed by atoms with van der Waals surface area (Å²) in [4.78, 5) is 11.7. The van der Waals surface area contributed by atoms with Gasteiger partial charge in [-0.25, -0.2) is 0 Å². The molecule has 0 bridgehead atoms. The molecule has 0 spiro atoms. The van der Waals surface area contributed by atoms with Crippen LogP contribution in [0.2, 0.25) is 0 Å². The zero-order valence-electron chi connectivity index (χ0n) is 8.22. The van der Waals surface area contributed by atoms with Crippen molar-refractivity contribution in [3.05, 3.63) is 0 Å². The SMILES string of the molecule is O=C1CCCCC1[C@@H]1CCCCN1. The van der Waals surface area contributed by atoms with Crippen molar-refractivity contribution in [2.75, 3.05) is 6.54 Å². The average molecular weight is 181 g/mol. The summed E-state index contributed by atoms with van der Waals surface area (Å²) in [7, 11) is 0. The Morgan fingerprint density at radius 2 is 1.92 bits per heavy atom. The highest BCUT2D eigenvalue weighted by atomic mass is 16.1. The number of hydrogen-bond acceptors (Lipinski definition) is 2. The van der Waals surface area contributed by atoms with Gasteiger partial charge in [-0.05, 0) is 32.2 Å². The van der Waals surface area contributed by atoms with Gasteiger partial charge in [0.25, 0.3) is 0 Å². The molecule has 2 nitrogen and oxygen atoms in total. The number of hydrogen-bond donors (Lipinski definition) is 1. The van der Waals surface area contributed by atoms with Crippen LogP contribution in [0, 0.1) is 5.92 Å². The lowest BCUT2D eigenvalue weighted by atomic mass is 9.80. The van der Waals surface area contributed by atoms with E-state index in [4.69, 9.17) is 0 Å². The second-order valence-corrected chi connectivity index (χ2v) is 4.37. The van der Waals surface area contributed by atoms with Crippen molar-refractivity contribution in [2.45, 2.75) is 51.0 Å². The molecule has 1 aliphatic carbocycles. The van der Waals surface area contributed by atoms with Crippen molar-refractivity contribution in [1.82, 2.24) is 5.32 Å². The zero-order chi connectivity index (χ0) is 9.10. The normalized spacial score (nSPS) is 36.2. The van der Waals surface area contributed by atoms with E-state index in [9.17, 15) is 4.79 Å². The minimum atomic E-state index is 0.356. The van der Waals surface area contributed by atoms with Crippen molar-refractivity contribution >= 4 is 5.78 Å². The summed E-state index contributed by atoms with van der Waals surface area (Å²) in [5.41, 5.74) is 0. The summed E-state index contributed by atoms with van der Waals surface area (Å²) in [6.45, 7) is 1.12. The van der Waals surface area contributed by atoms with Gasteiger partial charge in [0.15, 0.2) is 0 Å². The van der Waals surface area contributed by atoms with Crippen LogP contribution in [0.5, 0.6) is 0 Å². The predicted molar refractivity (Wildman–Crippen MR) is 52.6 cm³/mol. The minimum Gasteiger partial charge on any atom is -0.313 e. The molecule has 2 aliphatic rings. The topological polar surface area (TPSA) is 29.1 Å². The van der Waals surface area contributed by atoms with Gasteiger partial charge in [0.05, 0.1) is 0 Å². The van der Waals surface area contributed by atoms with E-state index in [0.717, 1.165) is 25.8 Å². The van der Waals surface area contributed by atoms with E-state index in [1.54, 1.807) is 0 Å². The van der Waals surface area contributed by atoms with Crippen LogP contribution >= 0.6 is 0 Å². The van der Waals surface area contributed by atoms with E-state index < -0.39 is 0 Å². The summed E-state index contributed by atoms with van der Waals surface area (Å²) in [5, 5.41) is 3.50. The number of carbonyl (C=O) groups excluding carboxylic acids is 1. The van der Waals surface area contributed by atoms with Gasteiger partial charge in [-0.15, -0.1) is 0 Å². The molecule has 0 aromatic rings. The van der Waals surface area contributed by atoms with E-state index in [-0.39, 0.29) is 0 Å². The third-order valence-corrected chi connectivity index (χ3v) is 3.44. The van der Waals surface area contributed by atoms with E-state index >= 15 is 0 Å². The van der Waals surface area contributed by atoms with Crippen molar-refractivity contribution in [1.29, 1.82) is 0 Å². The monoisotopic (exact) mass is 181 g/mol. The summed E-state index contributed by atoms with van der Waals surface area (Å²) < 4.78 is 0. The molecule has 1 N–H and O–H groups in total. The number of piperidine rings is 1. The molecule has 1 saturated heterocycles. The Morgan fingerprint density at radius 1 is 1.08 bits per heavy atom. The molecular weight excluding hydrogens is 162 g/mol. The van der Waals surface area contributed by atoms with Crippen molar-refractivity contribution in [3.63, 3.8) is 0 Å². The Hall–Kier alpha value is -0.370. The molecule has 0 radical (unpaired) electrons. The van der Waals surface area contributed by atoms with Gasteiger partial charge in [0.1, 0.15) is 5.78 Å². The first-order valence-corrected chi connectivity index (χ1v) is 5.64. The molecule has 2 atom stereocenters. The van der Waals surface area contributed by atoms with Crippen LogP contribution < -0.4 is 5.32 Å². The molecule has 2 rings (SSSR count). The maximum absolute atomic E-state index is 11.7. The molecule has 1 saturated carbocycles. The molecule has 0 aromatic carbocycles. The fourth-order valence-electron chi connectivity index (χ4n) is 2.66. The Morgan fingerprint density at radius 3 is 2.62 bits per heavy atom. The number of ketones is 1. The molecule has 2 heteroatoms. The second kappa shape index (κ2) is 4.23. The molecule has 1 heterocycles. The summed E-state index contributed by atoms with van der Waals surface area (Å²) in [6, 6.07) is 0.515. The van der Waals surface area contributed by atoms with Crippen LogP contribution in [0.1, 0.15) is 44.9 Å². The smallest absolute Gasteiger partial charge is 0.137 e. The van der Waals surface area contributed by atoms with Gasteiger partial charge in [0.2, 0.25) is 0 Å². The summed E-state index contributed by atoms with van der Waals surface area (Å²) >= 11 is 0. The van der Waals surface area contributed by atoms with Crippen molar-refractivity contribution in [3.8, 4) is 0 Å². The lowest BCUT2D eigenvalue weighted by Gasteiger charge is -2.32. The number of rotatable bonds is 1. The van der Waals surface area contributed by atoms with Gasteiger partial charge in [-0.2, -0.15) is 0 Å². The molecule has 1 unspecified atom stereocenters. The van der Waals surface area contributed by atoms with Crippen LogP contribution in [0.25, 0.3) is 0 Å². The molecule has 13 heavy (non-hydrogen) atoms. The number of carbonyl (C=O) groups is 1. The van der Waals surface area contributed by atoms with Crippen molar-refractivity contribution in [2.24, 2.45) is 5.92 Å². The zero-order valence-corrected chi connectivity index (χ0v) is 8.22. The highest BCUT2D eigenvalue weighted by Crippen LogP contribution is 2.27. The number of nitrogens with one attached hydrogen (secondary N) is 1. The first-order valence-electron chi connectivity index (χ1n) is 5.64. The van der Waals surface area contributed by atoms with Crippen LogP contribution in [-0.2, 0) is 4.79 Å². The largest absolute Gasteiger partial charge is 0.313 e. The highest BCUT2D eigenvalue weighted by molar-refractivity contribution is 5.82. The summed E-state index contributed by atoms with van der Waals surface area (Å²) in [6.07, 6.45) is 8.17. The molecule has 74 valence electrons. The molecule has 1 aliphatic heterocycles. The van der Waals surface area contributed by atoms with Gasteiger partial charge in [0, 0.05) is 18.4 Å². The maximum atomic E-state index is 11.7. The van der Waals surface area contributed by atoms with E-state index in [1.165, 1.54) is 25.7 Å². The quantitative estimate of drug-likeness (QED) is 0.669. The second-order valence-electron chi connectivity index (χ2n) is 4.37. The first kappa shape index (κ1) is 9.20. The van der Waals surface area contributed by atoms with Gasteiger partial charge in [-0.3, -0.25) is 4.79 Å². The maximum Gasteiger partial charge on any atom is 0.137 e. The Balaban J connectivity index is 1.92. The standard InChI is InChI=1S/C11H19NO/c13-11-7-2-1-5-9(11)10-6-3-4-8-12-10/h9-10,12H,1-8H2/t9?,10-/m0/s1. The minimum absolute atomic E-state index is 0.356.